The Morgan fingerprint density at radius 3 is 2.42 bits per heavy atom. The Balaban J connectivity index is 1.43. The summed E-state index contributed by atoms with van der Waals surface area (Å²) in [7, 11) is 4.03. The van der Waals surface area contributed by atoms with Crippen LogP contribution in [0.2, 0.25) is 0 Å². The Bertz CT molecular complexity index is 561. The first-order valence-electron chi connectivity index (χ1n) is 10.0. The molecule has 0 aromatic heterocycles. The Hall–Kier alpha value is -1.59. The van der Waals surface area contributed by atoms with Crippen molar-refractivity contribution >= 4 is 11.6 Å². The molecule has 3 rings (SSSR count). The topological polar surface area (TPSA) is 36.0 Å². The van der Waals surface area contributed by atoms with Crippen molar-refractivity contribution < 1.29 is 9.53 Å². The number of ether oxygens (including phenoxy) is 1. The zero-order valence-electron chi connectivity index (χ0n) is 16.3. The van der Waals surface area contributed by atoms with Crippen LogP contribution in [0.4, 0.5) is 5.69 Å². The second-order valence-electron chi connectivity index (χ2n) is 7.79. The highest BCUT2D eigenvalue weighted by molar-refractivity contribution is 5.92. The highest BCUT2D eigenvalue weighted by Gasteiger charge is 2.21. The average Bonchev–Trinajstić information content (AvgIpc) is 3.17. The van der Waals surface area contributed by atoms with Crippen molar-refractivity contribution in [3.05, 3.63) is 24.3 Å². The number of piperidine rings is 1. The summed E-state index contributed by atoms with van der Waals surface area (Å²) in [6.45, 7) is 6.33. The van der Waals surface area contributed by atoms with E-state index >= 15 is 0 Å². The summed E-state index contributed by atoms with van der Waals surface area (Å²) in [5.41, 5.74) is 0.940. The van der Waals surface area contributed by atoms with Crippen molar-refractivity contribution in [3.8, 4) is 5.75 Å². The highest BCUT2D eigenvalue weighted by Crippen LogP contribution is 2.23. The zero-order valence-corrected chi connectivity index (χ0v) is 16.3. The lowest BCUT2D eigenvalue weighted by molar-refractivity contribution is -0.119. The van der Waals surface area contributed by atoms with Gasteiger partial charge in [0, 0.05) is 25.7 Å². The van der Waals surface area contributed by atoms with E-state index in [4.69, 9.17) is 4.74 Å². The number of carbonyl (C=O) groups excluding carboxylic acids is 1. The number of benzene rings is 1. The third kappa shape index (κ3) is 5.45. The molecule has 0 spiro atoms. The van der Waals surface area contributed by atoms with Gasteiger partial charge >= 0.3 is 0 Å². The van der Waals surface area contributed by atoms with Crippen LogP contribution in [-0.2, 0) is 4.79 Å². The Morgan fingerprint density at radius 2 is 1.77 bits per heavy atom. The molecule has 0 N–H and O–H groups in total. The molecule has 5 nitrogen and oxygen atoms in total. The normalized spacial score (nSPS) is 19.6. The number of carbonyl (C=O) groups is 1. The van der Waals surface area contributed by atoms with Gasteiger partial charge in [-0.2, -0.15) is 0 Å². The third-order valence-electron chi connectivity index (χ3n) is 5.77. The second-order valence-corrected chi connectivity index (χ2v) is 7.79. The predicted molar refractivity (Wildman–Crippen MR) is 106 cm³/mol. The Morgan fingerprint density at radius 1 is 1.12 bits per heavy atom. The Kier molecular flexibility index (Phi) is 6.92. The fraction of sp³-hybridized carbons (Fsp3) is 0.667. The molecule has 0 bridgehead atoms. The lowest BCUT2D eigenvalue weighted by Crippen LogP contribution is -2.34. The average molecular weight is 360 g/mol. The molecule has 0 atom stereocenters. The molecule has 144 valence electrons. The molecular formula is C21H33N3O2. The van der Waals surface area contributed by atoms with Gasteiger partial charge in [0.05, 0.1) is 0 Å². The van der Waals surface area contributed by atoms with Crippen molar-refractivity contribution in [1.29, 1.82) is 0 Å². The summed E-state index contributed by atoms with van der Waals surface area (Å²) < 4.78 is 5.84. The van der Waals surface area contributed by atoms with Crippen molar-refractivity contribution in [1.82, 2.24) is 9.80 Å². The van der Waals surface area contributed by atoms with Gasteiger partial charge in [0.1, 0.15) is 12.4 Å². The van der Waals surface area contributed by atoms with Crippen LogP contribution in [0.15, 0.2) is 24.3 Å². The molecule has 0 radical (unpaired) electrons. The molecule has 2 aliphatic rings. The van der Waals surface area contributed by atoms with Gasteiger partial charge in [0.25, 0.3) is 0 Å². The molecule has 0 saturated carbocycles. The SMILES string of the molecule is CN1CCC(CC(=O)N(C)c2ccc(OCCN3CCCC3)cc2)CC1. The van der Waals surface area contributed by atoms with E-state index < -0.39 is 0 Å². The van der Waals surface area contributed by atoms with Crippen molar-refractivity contribution in [2.45, 2.75) is 32.1 Å². The lowest BCUT2D eigenvalue weighted by Gasteiger charge is -2.29. The van der Waals surface area contributed by atoms with Crippen molar-refractivity contribution in [2.75, 3.05) is 58.3 Å². The highest BCUT2D eigenvalue weighted by atomic mass is 16.5. The van der Waals surface area contributed by atoms with Crippen LogP contribution in [0.25, 0.3) is 0 Å². The molecule has 2 saturated heterocycles. The smallest absolute Gasteiger partial charge is 0.226 e. The maximum Gasteiger partial charge on any atom is 0.226 e. The van der Waals surface area contributed by atoms with E-state index in [1.807, 2.05) is 31.3 Å². The van der Waals surface area contributed by atoms with E-state index in [9.17, 15) is 4.79 Å². The van der Waals surface area contributed by atoms with E-state index in [0.717, 1.165) is 50.5 Å². The van der Waals surface area contributed by atoms with Crippen LogP contribution in [0, 0.1) is 5.92 Å². The summed E-state index contributed by atoms with van der Waals surface area (Å²) in [6, 6.07) is 7.91. The van der Waals surface area contributed by atoms with Crippen molar-refractivity contribution in [2.24, 2.45) is 5.92 Å². The number of amides is 1. The number of rotatable bonds is 7. The Labute approximate surface area is 157 Å². The summed E-state index contributed by atoms with van der Waals surface area (Å²) in [5.74, 6) is 1.61. The van der Waals surface area contributed by atoms with Crippen LogP contribution >= 0.6 is 0 Å². The molecule has 2 fully saturated rings. The van der Waals surface area contributed by atoms with Gasteiger partial charge < -0.3 is 14.5 Å². The van der Waals surface area contributed by atoms with Crippen LogP contribution in [0.3, 0.4) is 0 Å². The molecule has 1 amide bonds. The maximum absolute atomic E-state index is 12.6. The minimum Gasteiger partial charge on any atom is -0.492 e. The first-order valence-corrected chi connectivity index (χ1v) is 10.0. The van der Waals surface area contributed by atoms with E-state index in [1.165, 1.54) is 25.9 Å². The molecule has 1 aromatic carbocycles. The van der Waals surface area contributed by atoms with E-state index in [2.05, 4.69) is 16.8 Å². The van der Waals surface area contributed by atoms with Gasteiger partial charge in [-0.1, -0.05) is 0 Å². The number of hydrogen-bond donors (Lipinski definition) is 0. The van der Waals surface area contributed by atoms with Gasteiger partial charge in [0.15, 0.2) is 0 Å². The largest absolute Gasteiger partial charge is 0.492 e. The van der Waals surface area contributed by atoms with Crippen molar-refractivity contribution in [3.63, 3.8) is 0 Å². The van der Waals surface area contributed by atoms with Crippen LogP contribution in [0.5, 0.6) is 5.75 Å². The molecule has 1 aromatic rings. The van der Waals surface area contributed by atoms with Gasteiger partial charge in [-0.25, -0.2) is 0 Å². The molecular weight excluding hydrogens is 326 g/mol. The quantitative estimate of drug-likeness (QED) is 0.750. The lowest BCUT2D eigenvalue weighted by atomic mass is 9.93. The van der Waals surface area contributed by atoms with E-state index in [1.54, 1.807) is 4.90 Å². The summed E-state index contributed by atoms with van der Waals surface area (Å²) >= 11 is 0. The van der Waals surface area contributed by atoms with E-state index in [0.29, 0.717) is 12.3 Å². The fourth-order valence-electron chi connectivity index (χ4n) is 3.86. The predicted octanol–water partition coefficient (Wildman–Crippen LogP) is 2.86. The summed E-state index contributed by atoms with van der Waals surface area (Å²) in [6.07, 6.45) is 5.53. The first kappa shape index (κ1) is 19.2. The molecule has 2 heterocycles. The number of hydrogen-bond acceptors (Lipinski definition) is 4. The summed E-state index contributed by atoms with van der Waals surface area (Å²) in [5, 5.41) is 0. The van der Waals surface area contributed by atoms with Gasteiger partial charge in [-0.15, -0.1) is 0 Å². The first-order chi connectivity index (χ1) is 12.6. The zero-order chi connectivity index (χ0) is 18.4. The van der Waals surface area contributed by atoms with Crippen LogP contribution in [-0.4, -0.2) is 69.1 Å². The standard InChI is InChI=1S/C21H33N3O2/c1-22-13-9-18(10-14-22)17-21(25)23(2)19-5-7-20(8-6-19)26-16-15-24-11-3-4-12-24/h5-8,18H,3-4,9-17H2,1-2H3. The van der Waals surface area contributed by atoms with Crippen LogP contribution < -0.4 is 9.64 Å². The minimum atomic E-state index is 0.210. The van der Waals surface area contributed by atoms with Gasteiger partial charge in [-0.3, -0.25) is 9.69 Å². The number of nitrogens with zero attached hydrogens (tertiary/aromatic N) is 3. The fourth-order valence-corrected chi connectivity index (χ4v) is 3.86. The number of anilines is 1. The molecule has 26 heavy (non-hydrogen) atoms. The molecule has 5 heteroatoms. The minimum absolute atomic E-state index is 0.210. The second kappa shape index (κ2) is 9.38. The number of likely N-dealkylation sites (tertiary alicyclic amines) is 2. The van der Waals surface area contributed by atoms with E-state index in [-0.39, 0.29) is 5.91 Å². The van der Waals surface area contributed by atoms with Gasteiger partial charge in [0.2, 0.25) is 5.91 Å². The van der Waals surface area contributed by atoms with Gasteiger partial charge in [-0.05, 0) is 89.1 Å². The molecule has 0 aliphatic carbocycles. The maximum atomic E-state index is 12.6. The molecule has 0 unspecified atom stereocenters. The van der Waals surface area contributed by atoms with Crippen LogP contribution in [0.1, 0.15) is 32.1 Å². The summed E-state index contributed by atoms with van der Waals surface area (Å²) in [4.78, 5) is 19.1. The monoisotopic (exact) mass is 359 g/mol. The third-order valence-corrected chi connectivity index (χ3v) is 5.77. The molecule has 2 aliphatic heterocycles.